The number of hydrogen-bond donors (Lipinski definition) is 2. The van der Waals surface area contributed by atoms with Gasteiger partial charge in [0.2, 0.25) is 0 Å². The first-order chi connectivity index (χ1) is 11.7. The number of ether oxygens (including phenoxy) is 1. The summed E-state index contributed by atoms with van der Waals surface area (Å²) in [5, 5.41) is 6.70. The average molecular weight is 453 g/mol. The number of methoxy groups -OCH3 is 1. The molecule has 0 radical (unpaired) electrons. The number of aliphatic imine (C=N–C) groups is 1. The average Bonchev–Trinajstić information content (AvgIpc) is 2.62. The Kier molecular flexibility index (Phi) is 9.99. The molecular formula is C20H28IN3O. The molecule has 0 amide bonds. The number of aryl methyl sites for hydroxylation is 2. The lowest BCUT2D eigenvalue weighted by Crippen LogP contribution is -2.37. The Bertz CT molecular complexity index is 656. The van der Waals surface area contributed by atoms with Gasteiger partial charge in [0.05, 0.1) is 7.11 Å². The molecule has 136 valence electrons. The fourth-order valence-electron chi connectivity index (χ4n) is 2.44. The quantitative estimate of drug-likeness (QED) is 0.289. The Labute approximate surface area is 168 Å². The maximum atomic E-state index is 5.25. The predicted molar refractivity (Wildman–Crippen MR) is 116 cm³/mol. The minimum Gasteiger partial charge on any atom is -0.497 e. The predicted octanol–water partition coefficient (Wildman–Crippen LogP) is 3.92. The van der Waals surface area contributed by atoms with Crippen LogP contribution >= 0.6 is 24.0 Å². The van der Waals surface area contributed by atoms with E-state index in [1.807, 2.05) is 12.1 Å². The minimum atomic E-state index is 0. The molecule has 2 aromatic carbocycles. The first kappa shape index (κ1) is 21.3. The van der Waals surface area contributed by atoms with Gasteiger partial charge in [-0.2, -0.15) is 0 Å². The molecule has 2 rings (SSSR count). The van der Waals surface area contributed by atoms with Crippen LogP contribution in [0.5, 0.6) is 5.75 Å². The zero-order valence-corrected chi connectivity index (χ0v) is 17.5. The van der Waals surface area contributed by atoms with Crippen LogP contribution in [0.25, 0.3) is 0 Å². The van der Waals surface area contributed by atoms with Gasteiger partial charge in [-0.15, -0.1) is 24.0 Å². The van der Waals surface area contributed by atoms with Crippen LogP contribution in [0.4, 0.5) is 0 Å². The van der Waals surface area contributed by atoms with Gasteiger partial charge in [0.1, 0.15) is 5.75 Å². The molecule has 5 heteroatoms. The summed E-state index contributed by atoms with van der Waals surface area (Å²) in [6, 6.07) is 16.7. The van der Waals surface area contributed by atoms with Crippen molar-refractivity contribution in [3.8, 4) is 5.75 Å². The molecule has 0 heterocycles. The second-order valence-corrected chi connectivity index (χ2v) is 5.79. The van der Waals surface area contributed by atoms with Crippen LogP contribution in [0, 0.1) is 6.92 Å². The summed E-state index contributed by atoms with van der Waals surface area (Å²) in [6.45, 7) is 3.75. The topological polar surface area (TPSA) is 45.7 Å². The second kappa shape index (κ2) is 11.7. The zero-order valence-electron chi connectivity index (χ0n) is 15.2. The third-order valence-electron chi connectivity index (χ3n) is 3.87. The molecule has 0 aliphatic heterocycles. The van der Waals surface area contributed by atoms with E-state index in [4.69, 9.17) is 4.74 Å². The van der Waals surface area contributed by atoms with Crippen molar-refractivity contribution < 1.29 is 4.74 Å². The van der Waals surface area contributed by atoms with Crippen molar-refractivity contribution in [2.24, 2.45) is 4.99 Å². The molecule has 0 aromatic heterocycles. The standard InChI is InChI=1S/C20H27N3O.HI/c1-16-9-11-18(12-10-16)15-23-20(21-2)22-13-5-7-17-6-4-8-19(14-17)24-3;/h4,6,8-12,14H,5,7,13,15H2,1-3H3,(H2,21,22,23);1H. The van der Waals surface area contributed by atoms with E-state index in [1.165, 1.54) is 16.7 Å². The summed E-state index contributed by atoms with van der Waals surface area (Å²) in [5.41, 5.74) is 3.82. The van der Waals surface area contributed by atoms with Crippen LogP contribution in [-0.2, 0) is 13.0 Å². The molecular weight excluding hydrogens is 425 g/mol. The number of nitrogens with one attached hydrogen (secondary N) is 2. The minimum absolute atomic E-state index is 0. The van der Waals surface area contributed by atoms with Crippen molar-refractivity contribution in [1.29, 1.82) is 0 Å². The van der Waals surface area contributed by atoms with Gasteiger partial charge < -0.3 is 15.4 Å². The molecule has 0 aliphatic rings. The van der Waals surface area contributed by atoms with Crippen molar-refractivity contribution in [2.75, 3.05) is 20.7 Å². The van der Waals surface area contributed by atoms with Crippen LogP contribution in [0.15, 0.2) is 53.5 Å². The van der Waals surface area contributed by atoms with Gasteiger partial charge >= 0.3 is 0 Å². The van der Waals surface area contributed by atoms with E-state index in [1.54, 1.807) is 14.2 Å². The third-order valence-corrected chi connectivity index (χ3v) is 3.87. The van der Waals surface area contributed by atoms with E-state index in [0.29, 0.717) is 0 Å². The molecule has 0 fully saturated rings. The highest BCUT2D eigenvalue weighted by Crippen LogP contribution is 2.13. The van der Waals surface area contributed by atoms with E-state index < -0.39 is 0 Å². The van der Waals surface area contributed by atoms with E-state index in [2.05, 4.69) is 58.9 Å². The van der Waals surface area contributed by atoms with Gasteiger partial charge in [-0.05, 0) is 43.0 Å². The van der Waals surface area contributed by atoms with E-state index in [0.717, 1.165) is 37.6 Å². The van der Waals surface area contributed by atoms with E-state index >= 15 is 0 Å². The summed E-state index contributed by atoms with van der Waals surface area (Å²) < 4.78 is 5.25. The van der Waals surface area contributed by atoms with Crippen LogP contribution in [-0.4, -0.2) is 26.7 Å². The molecule has 0 saturated carbocycles. The molecule has 0 aliphatic carbocycles. The Balaban J connectivity index is 0.00000312. The number of halogens is 1. The summed E-state index contributed by atoms with van der Waals surface area (Å²) in [4.78, 5) is 4.27. The lowest BCUT2D eigenvalue weighted by atomic mass is 10.1. The molecule has 2 aromatic rings. The summed E-state index contributed by atoms with van der Waals surface area (Å²) in [6.07, 6.45) is 2.05. The number of rotatable bonds is 7. The SMILES string of the molecule is CN=C(NCCCc1cccc(OC)c1)NCc1ccc(C)cc1.I. The Morgan fingerprint density at radius 1 is 1.04 bits per heavy atom. The molecule has 25 heavy (non-hydrogen) atoms. The maximum absolute atomic E-state index is 5.25. The smallest absolute Gasteiger partial charge is 0.191 e. The Hall–Kier alpha value is -1.76. The number of guanidine groups is 1. The van der Waals surface area contributed by atoms with Crippen LogP contribution < -0.4 is 15.4 Å². The first-order valence-corrected chi connectivity index (χ1v) is 8.34. The van der Waals surface area contributed by atoms with Crippen molar-refractivity contribution >= 4 is 29.9 Å². The van der Waals surface area contributed by atoms with Crippen LogP contribution in [0.1, 0.15) is 23.1 Å². The van der Waals surface area contributed by atoms with Gasteiger partial charge in [-0.3, -0.25) is 4.99 Å². The normalized spacial score (nSPS) is 10.8. The van der Waals surface area contributed by atoms with Gasteiger partial charge in [0, 0.05) is 20.1 Å². The highest BCUT2D eigenvalue weighted by atomic mass is 127. The van der Waals surface area contributed by atoms with Crippen molar-refractivity contribution in [3.05, 3.63) is 65.2 Å². The lowest BCUT2D eigenvalue weighted by molar-refractivity contribution is 0.414. The molecule has 0 saturated heterocycles. The van der Waals surface area contributed by atoms with Gasteiger partial charge in [-0.1, -0.05) is 42.0 Å². The van der Waals surface area contributed by atoms with Crippen molar-refractivity contribution in [1.82, 2.24) is 10.6 Å². The number of benzene rings is 2. The molecule has 0 unspecified atom stereocenters. The fourth-order valence-corrected chi connectivity index (χ4v) is 2.44. The van der Waals surface area contributed by atoms with E-state index in [-0.39, 0.29) is 24.0 Å². The third kappa shape index (κ3) is 7.77. The zero-order chi connectivity index (χ0) is 17.2. The first-order valence-electron chi connectivity index (χ1n) is 8.34. The van der Waals surface area contributed by atoms with Crippen LogP contribution in [0.3, 0.4) is 0 Å². The summed E-state index contributed by atoms with van der Waals surface area (Å²) in [5.74, 6) is 1.75. The second-order valence-electron chi connectivity index (χ2n) is 5.79. The van der Waals surface area contributed by atoms with Gasteiger partial charge in [0.15, 0.2) is 5.96 Å². The number of nitrogens with zero attached hydrogens (tertiary/aromatic N) is 1. The monoisotopic (exact) mass is 453 g/mol. The molecule has 0 bridgehead atoms. The highest BCUT2D eigenvalue weighted by Gasteiger charge is 2.00. The largest absolute Gasteiger partial charge is 0.497 e. The van der Waals surface area contributed by atoms with Crippen LogP contribution in [0.2, 0.25) is 0 Å². The lowest BCUT2D eigenvalue weighted by Gasteiger charge is -2.12. The summed E-state index contributed by atoms with van der Waals surface area (Å²) >= 11 is 0. The van der Waals surface area contributed by atoms with Crippen molar-refractivity contribution in [2.45, 2.75) is 26.3 Å². The van der Waals surface area contributed by atoms with Gasteiger partial charge in [0.25, 0.3) is 0 Å². The number of hydrogen-bond acceptors (Lipinski definition) is 2. The maximum Gasteiger partial charge on any atom is 0.191 e. The highest BCUT2D eigenvalue weighted by molar-refractivity contribution is 14.0. The van der Waals surface area contributed by atoms with Crippen molar-refractivity contribution in [3.63, 3.8) is 0 Å². The Morgan fingerprint density at radius 3 is 2.48 bits per heavy atom. The molecule has 0 atom stereocenters. The Morgan fingerprint density at radius 2 is 1.80 bits per heavy atom. The van der Waals surface area contributed by atoms with Gasteiger partial charge in [-0.25, -0.2) is 0 Å². The molecule has 0 spiro atoms. The fraction of sp³-hybridized carbons (Fsp3) is 0.350. The summed E-state index contributed by atoms with van der Waals surface area (Å²) in [7, 11) is 3.50. The molecule has 2 N–H and O–H groups in total. The van der Waals surface area contributed by atoms with E-state index in [9.17, 15) is 0 Å². The molecule has 4 nitrogen and oxygen atoms in total.